The highest BCUT2D eigenvalue weighted by molar-refractivity contribution is 5.79. The highest BCUT2D eigenvalue weighted by Gasteiger charge is 2.09. The monoisotopic (exact) mass is 375 g/mol. The van der Waals surface area contributed by atoms with E-state index in [1.807, 2.05) is 37.3 Å². The van der Waals surface area contributed by atoms with Crippen LogP contribution in [-0.4, -0.2) is 39.9 Å². The molecule has 148 valence electrons. The van der Waals surface area contributed by atoms with Gasteiger partial charge in [0.15, 0.2) is 17.5 Å². The molecule has 0 saturated carbocycles. The van der Waals surface area contributed by atoms with Crippen molar-refractivity contribution in [3.05, 3.63) is 47.9 Å². The Bertz CT molecular complexity index is 687. The third-order valence-electron chi connectivity index (χ3n) is 3.82. The number of nitrogens with one attached hydrogen (secondary N) is 2. The molecule has 1 aromatic heterocycles. The Kier molecular flexibility index (Phi) is 9.06. The number of nitrogens with zero attached hydrogens (tertiary/aromatic N) is 1. The van der Waals surface area contributed by atoms with Crippen LogP contribution in [0.3, 0.4) is 0 Å². The van der Waals surface area contributed by atoms with Crippen molar-refractivity contribution in [2.75, 3.05) is 33.9 Å². The van der Waals surface area contributed by atoms with Crippen LogP contribution in [0.25, 0.3) is 0 Å². The van der Waals surface area contributed by atoms with Crippen molar-refractivity contribution in [2.24, 2.45) is 4.99 Å². The molecule has 0 fully saturated rings. The zero-order valence-corrected chi connectivity index (χ0v) is 16.3. The Morgan fingerprint density at radius 1 is 1.11 bits per heavy atom. The second kappa shape index (κ2) is 11.9. The normalized spacial score (nSPS) is 11.3. The molecule has 0 amide bonds. The molecule has 0 aliphatic heterocycles. The van der Waals surface area contributed by atoms with E-state index in [9.17, 15) is 0 Å². The molecular weight excluding hydrogens is 346 g/mol. The first-order valence-corrected chi connectivity index (χ1v) is 9.10. The van der Waals surface area contributed by atoms with Crippen molar-refractivity contribution < 1.29 is 18.6 Å². The summed E-state index contributed by atoms with van der Waals surface area (Å²) < 4.78 is 21.6. The molecular formula is C20H29N3O4. The minimum Gasteiger partial charge on any atom is -0.493 e. The summed E-state index contributed by atoms with van der Waals surface area (Å²) in [6.07, 6.45) is 2.52. The Labute approximate surface area is 160 Å². The van der Waals surface area contributed by atoms with E-state index in [2.05, 4.69) is 15.6 Å². The van der Waals surface area contributed by atoms with Gasteiger partial charge in [-0.15, -0.1) is 0 Å². The standard InChI is InChI=1S/C20H29N3O4/c1-4-21-20(22-11-7-12-26-15-17-9-6-13-27-17)23-14-16-8-5-10-18(24-2)19(16)25-3/h5-6,8-10,13H,4,7,11-12,14-15H2,1-3H3,(H2,21,22,23). The molecule has 0 aliphatic carbocycles. The van der Waals surface area contributed by atoms with Gasteiger partial charge in [-0.25, -0.2) is 4.99 Å². The number of aliphatic imine (C=N–C) groups is 1. The van der Waals surface area contributed by atoms with Gasteiger partial charge in [0, 0.05) is 25.3 Å². The fraction of sp³-hybridized carbons (Fsp3) is 0.450. The van der Waals surface area contributed by atoms with Gasteiger partial charge in [0.1, 0.15) is 12.4 Å². The second-order valence-corrected chi connectivity index (χ2v) is 5.76. The fourth-order valence-corrected chi connectivity index (χ4v) is 2.53. The van der Waals surface area contributed by atoms with Crippen molar-refractivity contribution in [1.29, 1.82) is 0 Å². The zero-order valence-electron chi connectivity index (χ0n) is 16.3. The van der Waals surface area contributed by atoms with E-state index in [1.54, 1.807) is 20.5 Å². The maximum absolute atomic E-state index is 5.58. The Morgan fingerprint density at radius 3 is 2.70 bits per heavy atom. The van der Waals surface area contributed by atoms with Crippen LogP contribution in [0.1, 0.15) is 24.7 Å². The van der Waals surface area contributed by atoms with Crippen LogP contribution in [0.2, 0.25) is 0 Å². The van der Waals surface area contributed by atoms with E-state index < -0.39 is 0 Å². The van der Waals surface area contributed by atoms with Crippen LogP contribution in [0.5, 0.6) is 11.5 Å². The molecule has 0 bridgehead atoms. The first-order chi connectivity index (χ1) is 13.3. The van der Waals surface area contributed by atoms with Gasteiger partial charge >= 0.3 is 0 Å². The van der Waals surface area contributed by atoms with Crippen molar-refractivity contribution >= 4 is 5.96 Å². The molecule has 1 aromatic carbocycles. The summed E-state index contributed by atoms with van der Waals surface area (Å²) >= 11 is 0. The first-order valence-electron chi connectivity index (χ1n) is 9.10. The summed E-state index contributed by atoms with van der Waals surface area (Å²) in [5, 5.41) is 6.56. The average Bonchev–Trinajstić information content (AvgIpc) is 3.21. The molecule has 0 spiro atoms. The topological polar surface area (TPSA) is 77.3 Å². The number of guanidine groups is 1. The van der Waals surface area contributed by atoms with E-state index in [-0.39, 0.29) is 0 Å². The quantitative estimate of drug-likeness (QED) is 0.357. The lowest BCUT2D eigenvalue weighted by molar-refractivity contribution is 0.105. The summed E-state index contributed by atoms with van der Waals surface area (Å²) in [7, 11) is 3.27. The van der Waals surface area contributed by atoms with Gasteiger partial charge in [0.25, 0.3) is 0 Å². The van der Waals surface area contributed by atoms with Crippen molar-refractivity contribution in [1.82, 2.24) is 10.6 Å². The van der Waals surface area contributed by atoms with Crippen LogP contribution < -0.4 is 20.1 Å². The van der Waals surface area contributed by atoms with Crippen LogP contribution in [0, 0.1) is 0 Å². The minimum atomic E-state index is 0.491. The lowest BCUT2D eigenvalue weighted by Crippen LogP contribution is -2.38. The number of furan rings is 1. The van der Waals surface area contributed by atoms with Gasteiger partial charge in [-0.2, -0.15) is 0 Å². The van der Waals surface area contributed by atoms with E-state index >= 15 is 0 Å². The number of hydrogen-bond acceptors (Lipinski definition) is 5. The Morgan fingerprint density at radius 2 is 2.00 bits per heavy atom. The number of hydrogen-bond donors (Lipinski definition) is 2. The van der Waals surface area contributed by atoms with Gasteiger partial charge in [0.05, 0.1) is 27.0 Å². The van der Waals surface area contributed by atoms with Crippen LogP contribution in [-0.2, 0) is 17.9 Å². The predicted molar refractivity (Wildman–Crippen MR) is 105 cm³/mol. The van der Waals surface area contributed by atoms with E-state index in [0.717, 1.165) is 36.8 Å². The average molecular weight is 375 g/mol. The van der Waals surface area contributed by atoms with Crippen molar-refractivity contribution in [2.45, 2.75) is 26.5 Å². The lowest BCUT2D eigenvalue weighted by atomic mass is 10.2. The van der Waals surface area contributed by atoms with Gasteiger partial charge in [-0.3, -0.25) is 0 Å². The van der Waals surface area contributed by atoms with Crippen molar-refractivity contribution in [3.8, 4) is 11.5 Å². The summed E-state index contributed by atoms with van der Waals surface area (Å²) in [6.45, 7) is 5.23. The SMILES string of the molecule is CCNC(=NCc1cccc(OC)c1OC)NCCCOCc1ccco1. The van der Waals surface area contributed by atoms with Gasteiger partial charge in [-0.05, 0) is 31.5 Å². The van der Waals surface area contributed by atoms with Crippen molar-refractivity contribution in [3.63, 3.8) is 0 Å². The first kappa shape index (κ1) is 20.6. The lowest BCUT2D eigenvalue weighted by Gasteiger charge is -2.13. The molecule has 0 unspecified atom stereocenters. The van der Waals surface area contributed by atoms with Gasteiger partial charge in [0.2, 0.25) is 0 Å². The smallest absolute Gasteiger partial charge is 0.191 e. The number of methoxy groups -OCH3 is 2. The predicted octanol–water partition coefficient (Wildman–Crippen LogP) is 2.96. The van der Waals surface area contributed by atoms with Crippen LogP contribution >= 0.6 is 0 Å². The third kappa shape index (κ3) is 6.86. The second-order valence-electron chi connectivity index (χ2n) is 5.76. The number of ether oxygens (including phenoxy) is 3. The molecule has 0 radical (unpaired) electrons. The molecule has 7 nitrogen and oxygen atoms in total. The maximum atomic E-state index is 5.58. The summed E-state index contributed by atoms with van der Waals surface area (Å²) in [5.41, 5.74) is 0.968. The molecule has 7 heteroatoms. The molecule has 2 N–H and O–H groups in total. The summed E-state index contributed by atoms with van der Waals surface area (Å²) in [6, 6.07) is 9.55. The third-order valence-corrected chi connectivity index (χ3v) is 3.82. The molecule has 27 heavy (non-hydrogen) atoms. The van der Waals surface area contributed by atoms with Crippen LogP contribution in [0.4, 0.5) is 0 Å². The Balaban J connectivity index is 1.80. The molecule has 0 aliphatic rings. The van der Waals surface area contributed by atoms with Gasteiger partial charge in [-0.1, -0.05) is 12.1 Å². The highest BCUT2D eigenvalue weighted by Crippen LogP contribution is 2.30. The molecule has 0 atom stereocenters. The summed E-state index contributed by atoms with van der Waals surface area (Å²) in [4.78, 5) is 4.63. The zero-order chi connectivity index (χ0) is 19.3. The molecule has 1 heterocycles. The minimum absolute atomic E-state index is 0.491. The largest absolute Gasteiger partial charge is 0.493 e. The van der Waals surface area contributed by atoms with E-state index in [4.69, 9.17) is 18.6 Å². The molecule has 0 saturated heterocycles. The molecule has 2 aromatic rings. The number of para-hydroxylation sites is 1. The Hall–Kier alpha value is -2.67. The fourth-order valence-electron chi connectivity index (χ4n) is 2.53. The summed E-state index contributed by atoms with van der Waals surface area (Å²) in [5.74, 6) is 3.02. The van der Waals surface area contributed by atoms with E-state index in [1.165, 1.54) is 0 Å². The molecule has 2 rings (SSSR count). The van der Waals surface area contributed by atoms with Gasteiger partial charge < -0.3 is 29.3 Å². The highest BCUT2D eigenvalue weighted by atomic mass is 16.5. The number of rotatable bonds is 11. The maximum Gasteiger partial charge on any atom is 0.191 e. The van der Waals surface area contributed by atoms with E-state index in [0.29, 0.717) is 31.3 Å². The van der Waals surface area contributed by atoms with Crippen LogP contribution in [0.15, 0.2) is 46.0 Å². The number of benzene rings is 1.